The average molecular weight is 462 g/mol. The minimum atomic E-state index is -3.30. The van der Waals surface area contributed by atoms with E-state index in [1.54, 1.807) is 18.2 Å². The number of carbonyl (C=O) groups is 1. The van der Waals surface area contributed by atoms with Crippen molar-refractivity contribution in [1.82, 2.24) is 9.36 Å². The molecule has 0 aliphatic heterocycles. The van der Waals surface area contributed by atoms with Crippen LogP contribution in [0.2, 0.25) is 5.02 Å². The fraction of sp³-hybridized carbons (Fsp3) is 0.0526. The fourth-order valence-corrected chi connectivity index (χ4v) is 4.03. The third-order valence-electron chi connectivity index (χ3n) is 4.10. The van der Waals surface area contributed by atoms with Crippen molar-refractivity contribution in [3.8, 4) is 11.4 Å². The third kappa shape index (κ3) is 4.11. The van der Waals surface area contributed by atoms with Crippen molar-refractivity contribution >= 4 is 55.0 Å². The summed E-state index contributed by atoms with van der Waals surface area (Å²) in [5.41, 5.74) is 0.432. The number of amides is 1. The van der Waals surface area contributed by atoms with Crippen LogP contribution in [0.15, 0.2) is 62.6 Å². The van der Waals surface area contributed by atoms with E-state index in [1.807, 2.05) is 0 Å². The first-order valence-electron chi connectivity index (χ1n) is 8.40. The minimum Gasteiger partial charge on any atom is -0.451 e. The summed E-state index contributed by atoms with van der Waals surface area (Å²) in [4.78, 5) is 29.1. The van der Waals surface area contributed by atoms with Crippen molar-refractivity contribution in [2.24, 2.45) is 0 Å². The van der Waals surface area contributed by atoms with Gasteiger partial charge < -0.3 is 4.42 Å². The Labute approximate surface area is 179 Å². The highest BCUT2D eigenvalue weighted by Gasteiger charge is 2.16. The van der Waals surface area contributed by atoms with E-state index in [4.69, 9.17) is 16.0 Å². The number of rotatable bonds is 4. The van der Waals surface area contributed by atoms with Crippen molar-refractivity contribution in [2.45, 2.75) is 4.90 Å². The van der Waals surface area contributed by atoms with Crippen LogP contribution in [0, 0.1) is 0 Å². The number of anilines is 1. The van der Waals surface area contributed by atoms with Gasteiger partial charge in [-0.25, -0.2) is 8.42 Å². The normalized spacial score (nSPS) is 11.5. The summed E-state index contributed by atoms with van der Waals surface area (Å²) >= 11 is 6.82. The van der Waals surface area contributed by atoms with Gasteiger partial charge in [0.05, 0.1) is 10.3 Å². The number of halogens is 1. The van der Waals surface area contributed by atoms with Gasteiger partial charge in [-0.3, -0.25) is 14.9 Å². The predicted molar refractivity (Wildman–Crippen MR) is 114 cm³/mol. The highest BCUT2D eigenvalue weighted by molar-refractivity contribution is 7.90. The van der Waals surface area contributed by atoms with Gasteiger partial charge in [-0.15, -0.1) is 0 Å². The van der Waals surface area contributed by atoms with Crippen molar-refractivity contribution in [2.75, 3.05) is 11.6 Å². The van der Waals surface area contributed by atoms with Gasteiger partial charge in [-0.1, -0.05) is 11.6 Å². The number of fused-ring (bicyclic) bond motifs is 1. The van der Waals surface area contributed by atoms with Gasteiger partial charge in [0.1, 0.15) is 5.58 Å². The molecule has 0 saturated carbocycles. The Morgan fingerprint density at radius 3 is 2.57 bits per heavy atom. The molecule has 0 radical (unpaired) electrons. The number of aromatic nitrogens is 2. The Balaban J connectivity index is 1.56. The molecule has 1 N–H and O–H groups in total. The second kappa shape index (κ2) is 7.63. The van der Waals surface area contributed by atoms with Crippen molar-refractivity contribution in [3.63, 3.8) is 0 Å². The summed E-state index contributed by atoms with van der Waals surface area (Å²) in [7, 11) is -3.30. The average Bonchev–Trinajstić information content (AvgIpc) is 3.16. The zero-order chi connectivity index (χ0) is 21.5. The van der Waals surface area contributed by atoms with Gasteiger partial charge in [0.25, 0.3) is 5.91 Å². The van der Waals surface area contributed by atoms with Crippen molar-refractivity contribution in [3.05, 3.63) is 69.5 Å². The Morgan fingerprint density at radius 2 is 1.87 bits per heavy atom. The van der Waals surface area contributed by atoms with E-state index in [2.05, 4.69) is 14.7 Å². The molecule has 0 fully saturated rings. The largest absolute Gasteiger partial charge is 0.451 e. The summed E-state index contributed by atoms with van der Waals surface area (Å²) in [6.45, 7) is 0. The number of nitrogens with zero attached hydrogens (tertiary/aromatic N) is 2. The molecule has 0 aliphatic rings. The molecule has 0 spiro atoms. The Kier molecular flexibility index (Phi) is 5.14. The highest BCUT2D eigenvalue weighted by Crippen LogP contribution is 2.23. The second-order valence-corrected chi connectivity index (χ2v) is 9.49. The zero-order valence-corrected chi connectivity index (χ0v) is 17.6. The van der Waals surface area contributed by atoms with Crippen LogP contribution in [-0.2, 0) is 9.84 Å². The van der Waals surface area contributed by atoms with E-state index in [0.717, 1.165) is 23.9 Å². The van der Waals surface area contributed by atoms with Gasteiger partial charge in [0.2, 0.25) is 5.13 Å². The van der Waals surface area contributed by atoms with E-state index in [9.17, 15) is 18.0 Å². The third-order valence-corrected chi connectivity index (χ3v) is 6.09. The minimum absolute atomic E-state index is 0.177. The lowest BCUT2D eigenvalue weighted by Gasteiger charge is -2.03. The molecule has 0 saturated heterocycles. The smallest absolute Gasteiger partial charge is 0.293 e. The molecule has 152 valence electrons. The molecule has 4 rings (SSSR count). The van der Waals surface area contributed by atoms with Crippen molar-refractivity contribution in [1.29, 1.82) is 0 Å². The molecule has 2 aromatic carbocycles. The lowest BCUT2D eigenvalue weighted by Crippen LogP contribution is -2.14. The molecule has 8 nitrogen and oxygen atoms in total. The zero-order valence-electron chi connectivity index (χ0n) is 15.2. The van der Waals surface area contributed by atoms with Gasteiger partial charge in [-0.2, -0.15) is 9.36 Å². The van der Waals surface area contributed by atoms with Gasteiger partial charge >= 0.3 is 0 Å². The summed E-state index contributed by atoms with van der Waals surface area (Å²) in [5.74, 6) is -0.506. The maximum Gasteiger partial charge on any atom is 0.293 e. The van der Waals surface area contributed by atoms with E-state index >= 15 is 0 Å². The first-order chi connectivity index (χ1) is 14.2. The quantitative estimate of drug-likeness (QED) is 0.492. The first kappa shape index (κ1) is 20.2. The van der Waals surface area contributed by atoms with Crippen LogP contribution >= 0.6 is 23.1 Å². The standard InChI is InChI=1S/C19H12ClN3O5S2/c1-30(26,27)12-5-2-10(3-6-12)17-21-19(29-23-17)22-18(25)16-9-14(24)13-8-11(20)4-7-15(13)28-16/h2-9H,1H3,(H,21,22,23,25). The Hall–Kier alpha value is -3.08. The SMILES string of the molecule is CS(=O)(=O)c1ccc(-c2nsc(NC(=O)c3cc(=O)c4cc(Cl)ccc4o3)n2)cc1. The van der Waals surface area contributed by atoms with Gasteiger partial charge in [-0.05, 0) is 42.5 Å². The lowest BCUT2D eigenvalue weighted by molar-refractivity contribution is 0.0997. The number of sulfone groups is 1. The molecule has 4 aromatic rings. The van der Waals surface area contributed by atoms with Gasteiger partial charge in [0, 0.05) is 34.4 Å². The molecule has 1 amide bonds. The van der Waals surface area contributed by atoms with Crippen LogP contribution in [0.4, 0.5) is 5.13 Å². The van der Waals surface area contributed by atoms with Crippen molar-refractivity contribution < 1.29 is 17.6 Å². The molecule has 0 bridgehead atoms. The number of hydrogen-bond acceptors (Lipinski definition) is 8. The van der Waals surface area contributed by atoms with Crippen LogP contribution in [0.3, 0.4) is 0 Å². The van der Waals surface area contributed by atoms with Crippen LogP contribution in [0.25, 0.3) is 22.4 Å². The Bertz CT molecular complexity index is 1440. The summed E-state index contributed by atoms with van der Waals surface area (Å²) in [6.07, 6.45) is 1.12. The summed E-state index contributed by atoms with van der Waals surface area (Å²) in [5, 5.41) is 3.39. The van der Waals surface area contributed by atoms with Crippen LogP contribution in [0.1, 0.15) is 10.6 Å². The summed E-state index contributed by atoms with van der Waals surface area (Å²) < 4.78 is 32.8. The van der Waals surface area contributed by atoms with Crippen LogP contribution in [-0.4, -0.2) is 29.9 Å². The van der Waals surface area contributed by atoms with Gasteiger partial charge in [0.15, 0.2) is 26.9 Å². The molecular formula is C19H12ClN3O5S2. The number of benzene rings is 2. The van der Waals surface area contributed by atoms with E-state index in [-0.39, 0.29) is 26.8 Å². The maximum absolute atomic E-state index is 12.5. The molecule has 2 heterocycles. The van der Waals surface area contributed by atoms with E-state index in [0.29, 0.717) is 16.4 Å². The molecule has 0 unspecified atom stereocenters. The first-order valence-corrected chi connectivity index (χ1v) is 11.4. The fourth-order valence-electron chi connectivity index (χ4n) is 2.64. The topological polar surface area (TPSA) is 119 Å². The maximum atomic E-state index is 12.5. The molecule has 30 heavy (non-hydrogen) atoms. The van der Waals surface area contributed by atoms with Crippen LogP contribution < -0.4 is 10.7 Å². The molecular weight excluding hydrogens is 450 g/mol. The van der Waals surface area contributed by atoms with E-state index in [1.165, 1.54) is 24.3 Å². The highest BCUT2D eigenvalue weighted by atomic mass is 35.5. The molecule has 0 aliphatic carbocycles. The lowest BCUT2D eigenvalue weighted by atomic mass is 10.2. The number of nitrogens with one attached hydrogen (secondary N) is 1. The van der Waals surface area contributed by atoms with Crippen LogP contribution in [0.5, 0.6) is 0 Å². The number of carbonyl (C=O) groups excluding carboxylic acids is 1. The molecule has 2 aromatic heterocycles. The second-order valence-electron chi connectivity index (χ2n) is 6.29. The number of hydrogen-bond donors (Lipinski definition) is 1. The van der Waals surface area contributed by atoms with E-state index < -0.39 is 21.2 Å². The summed E-state index contributed by atoms with van der Waals surface area (Å²) in [6, 6.07) is 11.7. The predicted octanol–water partition coefficient (Wildman–Crippen LogP) is 3.62. The Morgan fingerprint density at radius 1 is 1.13 bits per heavy atom. The monoisotopic (exact) mass is 461 g/mol. The molecule has 11 heteroatoms. The molecule has 0 atom stereocenters.